The number of anilines is 1. The van der Waals surface area contributed by atoms with E-state index < -0.39 is 11.5 Å². The quantitative estimate of drug-likeness (QED) is 0.582. The topological polar surface area (TPSA) is 97.6 Å². The zero-order chi connectivity index (χ0) is 22.1. The van der Waals surface area contributed by atoms with Gasteiger partial charge in [0.15, 0.2) is 0 Å². The highest BCUT2D eigenvalue weighted by molar-refractivity contribution is 7.17. The van der Waals surface area contributed by atoms with Crippen LogP contribution in [-0.2, 0) is 12.8 Å². The van der Waals surface area contributed by atoms with E-state index in [2.05, 4.69) is 10.6 Å². The highest BCUT2D eigenvalue weighted by atomic mass is 32.1. The van der Waals surface area contributed by atoms with E-state index in [1.807, 2.05) is 13.8 Å². The molecule has 1 aliphatic rings. The molecule has 162 valence electrons. The van der Waals surface area contributed by atoms with Crippen LogP contribution in [0.15, 0.2) is 33.5 Å². The van der Waals surface area contributed by atoms with Crippen LogP contribution in [0, 0.1) is 0 Å². The normalized spacial score (nSPS) is 13.2. The highest BCUT2D eigenvalue weighted by Gasteiger charge is 2.26. The SMILES string of the molecule is CNC(=O)c1c(NC(=O)c2cc(=O)oc3cc(OC(C)C)ccc23)sc2c1CCCC2. The minimum absolute atomic E-state index is 0.0383. The summed E-state index contributed by atoms with van der Waals surface area (Å²) in [5.41, 5.74) is 1.37. The summed E-state index contributed by atoms with van der Waals surface area (Å²) in [6.07, 6.45) is 3.77. The number of ether oxygens (including phenoxy) is 1. The van der Waals surface area contributed by atoms with Crippen molar-refractivity contribution in [1.29, 1.82) is 0 Å². The molecule has 31 heavy (non-hydrogen) atoms. The minimum atomic E-state index is -0.628. The van der Waals surface area contributed by atoms with Crippen LogP contribution in [0.2, 0.25) is 0 Å². The van der Waals surface area contributed by atoms with Gasteiger partial charge in [-0.2, -0.15) is 0 Å². The number of hydrogen-bond acceptors (Lipinski definition) is 6. The Hall–Kier alpha value is -3.13. The first kappa shape index (κ1) is 21.1. The molecule has 0 radical (unpaired) electrons. The molecular formula is C23H24N2O5S. The molecule has 7 nitrogen and oxygen atoms in total. The van der Waals surface area contributed by atoms with Crippen LogP contribution in [0.4, 0.5) is 5.00 Å². The van der Waals surface area contributed by atoms with Crippen molar-refractivity contribution in [2.45, 2.75) is 45.6 Å². The summed E-state index contributed by atoms with van der Waals surface area (Å²) >= 11 is 1.43. The Bertz CT molecular complexity index is 1220. The van der Waals surface area contributed by atoms with Gasteiger partial charge in [-0.3, -0.25) is 9.59 Å². The van der Waals surface area contributed by atoms with Crippen molar-refractivity contribution in [2.75, 3.05) is 12.4 Å². The molecule has 0 saturated carbocycles. The van der Waals surface area contributed by atoms with Gasteiger partial charge in [-0.15, -0.1) is 11.3 Å². The zero-order valence-corrected chi connectivity index (χ0v) is 18.5. The monoisotopic (exact) mass is 440 g/mol. The van der Waals surface area contributed by atoms with E-state index in [-0.39, 0.29) is 23.2 Å². The fraction of sp³-hybridized carbons (Fsp3) is 0.348. The Morgan fingerprint density at radius 3 is 2.65 bits per heavy atom. The first-order valence-corrected chi connectivity index (χ1v) is 11.1. The molecule has 0 spiro atoms. The number of amides is 2. The maximum atomic E-state index is 13.2. The summed E-state index contributed by atoms with van der Waals surface area (Å²) in [5.74, 6) is -0.127. The fourth-order valence-corrected chi connectivity index (χ4v) is 5.15. The van der Waals surface area contributed by atoms with Crippen LogP contribution < -0.4 is 21.0 Å². The molecule has 0 bridgehead atoms. The molecule has 2 heterocycles. The molecule has 0 atom stereocenters. The van der Waals surface area contributed by atoms with E-state index in [0.717, 1.165) is 36.1 Å². The van der Waals surface area contributed by atoms with Crippen LogP contribution >= 0.6 is 11.3 Å². The number of benzene rings is 1. The van der Waals surface area contributed by atoms with E-state index in [4.69, 9.17) is 9.15 Å². The van der Waals surface area contributed by atoms with Gasteiger partial charge in [-0.05, 0) is 57.2 Å². The van der Waals surface area contributed by atoms with Gasteiger partial charge in [0.05, 0.1) is 17.2 Å². The average molecular weight is 441 g/mol. The van der Waals surface area contributed by atoms with E-state index in [1.54, 1.807) is 25.2 Å². The van der Waals surface area contributed by atoms with Crippen molar-refractivity contribution in [3.8, 4) is 5.75 Å². The standard InChI is InChI=1S/C23H24N2O5S/c1-12(2)29-13-8-9-14-16(11-19(26)30-17(14)10-13)21(27)25-23-20(22(28)24-3)15-6-4-5-7-18(15)31-23/h8-12H,4-7H2,1-3H3,(H,24,28)(H,25,27). The molecule has 2 aromatic heterocycles. The fourth-order valence-electron chi connectivity index (χ4n) is 3.87. The number of carbonyl (C=O) groups is 2. The Labute approximate surface area is 183 Å². The van der Waals surface area contributed by atoms with Gasteiger partial charge in [-0.1, -0.05) is 0 Å². The van der Waals surface area contributed by atoms with Crippen molar-refractivity contribution in [1.82, 2.24) is 5.32 Å². The molecule has 3 aromatic rings. The molecule has 8 heteroatoms. The van der Waals surface area contributed by atoms with Crippen LogP contribution in [0.3, 0.4) is 0 Å². The average Bonchev–Trinajstić information content (AvgIpc) is 3.09. The Kier molecular flexibility index (Phi) is 5.82. The van der Waals surface area contributed by atoms with Crippen LogP contribution in [0.5, 0.6) is 5.75 Å². The minimum Gasteiger partial charge on any atom is -0.491 e. The number of nitrogens with one attached hydrogen (secondary N) is 2. The van der Waals surface area contributed by atoms with E-state index >= 15 is 0 Å². The molecule has 2 N–H and O–H groups in total. The van der Waals surface area contributed by atoms with Crippen molar-refractivity contribution in [3.63, 3.8) is 0 Å². The van der Waals surface area contributed by atoms with E-state index in [0.29, 0.717) is 21.7 Å². The Morgan fingerprint density at radius 1 is 1.13 bits per heavy atom. The van der Waals surface area contributed by atoms with E-state index in [9.17, 15) is 14.4 Å². The summed E-state index contributed by atoms with van der Waals surface area (Å²) in [7, 11) is 1.58. The molecule has 2 amide bonds. The molecule has 1 aliphatic carbocycles. The lowest BCUT2D eigenvalue weighted by atomic mass is 9.95. The summed E-state index contributed by atoms with van der Waals surface area (Å²) in [5, 5.41) is 6.55. The van der Waals surface area contributed by atoms with Crippen molar-refractivity contribution in [3.05, 3.63) is 56.3 Å². The summed E-state index contributed by atoms with van der Waals surface area (Å²) in [6, 6.07) is 6.21. The van der Waals surface area contributed by atoms with Crippen LogP contribution in [0.1, 0.15) is 57.8 Å². The van der Waals surface area contributed by atoms with Gasteiger partial charge in [-0.25, -0.2) is 4.79 Å². The largest absolute Gasteiger partial charge is 0.491 e. The van der Waals surface area contributed by atoms with Crippen molar-refractivity contribution >= 4 is 39.1 Å². The highest BCUT2D eigenvalue weighted by Crippen LogP contribution is 2.38. The third kappa shape index (κ3) is 4.20. The lowest BCUT2D eigenvalue weighted by Gasteiger charge is -2.12. The lowest BCUT2D eigenvalue weighted by Crippen LogP contribution is -2.22. The second kappa shape index (κ2) is 8.55. The maximum absolute atomic E-state index is 13.2. The Morgan fingerprint density at radius 2 is 1.90 bits per heavy atom. The van der Waals surface area contributed by atoms with Gasteiger partial charge in [0.1, 0.15) is 16.3 Å². The predicted molar refractivity (Wildman–Crippen MR) is 121 cm³/mol. The summed E-state index contributed by atoms with van der Waals surface area (Å²) < 4.78 is 10.9. The van der Waals surface area contributed by atoms with Gasteiger partial charge in [0.2, 0.25) is 0 Å². The third-order valence-electron chi connectivity index (χ3n) is 5.18. The van der Waals surface area contributed by atoms with Gasteiger partial charge in [0, 0.05) is 29.4 Å². The van der Waals surface area contributed by atoms with E-state index in [1.165, 1.54) is 17.4 Å². The number of rotatable bonds is 5. The lowest BCUT2D eigenvalue weighted by molar-refractivity contribution is 0.0963. The number of thiophene rings is 1. The maximum Gasteiger partial charge on any atom is 0.337 e. The van der Waals surface area contributed by atoms with Gasteiger partial charge in [0.25, 0.3) is 11.8 Å². The molecular weight excluding hydrogens is 416 g/mol. The van der Waals surface area contributed by atoms with Gasteiger partial charge < -0.3 is 19.8 Å². The van der Waals surface area contributed by atoms with Crippen molar-refractivity contribution < 1.29 is 18.7 Å². The predicted octanol–water partition coefficient (Wildman–Crippen LogP) is 4.13. The van der Waals surface area contributed by atoms with Crippen LogP contribution in [-0.4, -0.2) is 25.0 Å². The number of fused-ring (bicyclic) bond motifs is 2. The Balaban J connectivity index is 1.73. The molecule has 0 fully saturated rings. The van der Waals surface area contributed by atoms with Gasteiger partial charge >= 0.3 is 5.63 Å². The summed E-state index contributed by atoms with van der Waals surface area (Å²) in [4.78, 5) is 39.0. The first-order chi connectivity index (χ1) is 14.9. The smallest absolute Gasteiger partial charge is 0.337 e. The number of hydrogen-bond donors (Lipinski definition) is 2. The molecule has 4 rings (SSSR count). The molecule has 0 saturated heterocycles. The molecule has 1 aromatic carbocycles. The summed E-state index contributed by atoms with van der Waals surface area (Å²) in [6.45, 7) is 3.80. The first-order valence-electron chi connectivity index (χ1n) is 10.3. The zero-order valence-electron chi connectivity index (χ0n) is 17.7. The molecule has 0 aliphatic heterocycles. The van der Waals surface area contributed by atoms with Crippen molar-refractivity contribution in [2.24, 2.45) is 0 Å². The second-order valence-electron chi connectivity index (χ2n) is 7.75. The third-order valence-corrected chi connectivity index (χ3v) is 6.39. The second-order valence-corrected chi connectivity index (χ2v) is 8.86. The number of aryl methyl sites for hydroxylation is 1. The van der Waals surface area contributed by atoms with Crippen LogP contribution in [0.25, 0.3) is 11.0 Å². The molecule has 0 unspecified atom stereocenters. The number of carbonyl (C=O) groups excluding carboxylic acids is 2.